The maximum absolute atomic E-state index is 11.8. The van der Waals surface area contributed by atoms with E-state index in [1.54, 1.807) is 13.0 Å². The first-order chi connectivity index (χ1) is 10.1. The third-order valence-electron chi connectivity index (χ3n) is 2.80. The molecule has 0 atom stereocenters. The summed E-state index contributed by atoms with van der Waals surface area (Å²) in [7, 11) is 0. The molecule has 114 valence electrons. The quantitative estimate of drug-likeness (QED) is 0.413. The van der Waals surface area contributed by atoms with E-state index in [1.165, 1.54) is 0 Å². The number of nitrogens with two attached hydrogens (primary N) is 1. The number of allylic oxidation sites excluding steroid dienone is 1. The Kier molecular flexibility index (Phi) is 7.64. The lowest BCUT2D eigenvalue weighted by molar-refractivity contribution is -0.139. The lowest BCUT2D eigenvalue weighted by atomic mass is 10.2. The van der Waals surface area contributed by atoms with Gasteiger partial charge in [0.2, 0.25) is 5.91 Å². The molecular weight excluding hydrogens is 268 g/mol. The second-order valence-corrected chi connectivity index (χ2v) is 4.54. The van der Waals surface area contributed by atoms with Crippen molar-refractivity contribution in [3.8, 4) is 0 Å². The highest BCUT2D eigenvalue weighted by Gasteiger charge is 2.09. The van der Waals surface area contributed by atoms with Gasteiger partial charge in [-0.15, -0.1) is 0 Å². The molecule has 0 heterocycles. The number of amides is 1. The fraction of sp³-hybridized carbons (Fsp3) is 0.375. The molecule has 0 bridgehead atoms. The summed E-state index contributed by atoms with van der Waals surface area (Å²) >= 11 is 0. The van der Waals surface area contributed by atoms with E-state index in [-0.39, 0.29) is 11.9 Å². The highest BCUT2D eigenvalue weighted by molar-refractivity contribution is 5.87. The van der Waals surface area contributed by atoms with Gasteiger partial charge in [0, 0.05) is 13.0 Å². The van der Waals surface area contributed by atoms with Gasteiger partial charge in [-0.2, -0.15) is 0 Å². The van der Waals surface area contributed by atoms with E-state index in [9.17, 15) is 9.59 Å². The van der Waals surface area contributed by atoms with Crippen molar-refractivity contribution in [2.24, 2.45) is 5.73 Å². The van der Waals surface area contributed by atoms with Crippen molar-refractivity contribution in [2.45, 2.75) is 32.7 Å². The molecule has 0 spiro atoms. The van der Waals surface area contributed by atoms with E-state index in [0.29, 0.717) is 38.1 Å². The molecule has 0 aliphatic rings. The smallest absolute Gasteiger partial charge is 0.354 e. The van der Waals surface area contributed by atoms with Crippen LogP contribution in [0.2, 0.25) is 0 Å². The lowest BCUT2D eigenvalue weighted by Gasteiger charge is -2.10. The van der Waals surface area contributed by atoms with Crippen LogP contribution in [0.4, 0.5) is 0 Å². The Morgan fingerprint density at radius 3 is 2.62 bits per heavy atom. The van der Waals surface area contributed by atoms with Crippen LogP contribution in [0.1, 0.15) is 31.7 Å². The molecule has 5 nitrogen and oxygen atoms in total. The van der Waals surface area contributed by atoms with Gasteiger partial charge in [0.15, 0.2) is 0 Å². The molecule has 0 aromatic heterocycles. The number of hydrogen-bond donors (Lipinski definition) is 2. The number of nitrogens with one attached hydrogen (secondary N) is 1. The number of carbonyl (C=O) groups excluding carboxylic acids is 2. The van der Waals surface area contributed by atoms with Crippen molar-refractivity contribution in [1.82, 2.24) is 5.32 Å². The first-order valence-electron chi connectivity index (χ1n) is 7.07. The average molecular weight is 290 g/mol. The summed E-state index contributed by atoms with van der Waals surface area (Å²) in [5.74, 6) is -0.717. The molecule has 1 aromatic rings. The Bertz CT molecular complexity index is 484. The number of benzene rings is 1. The largest absolute Gasteiger partial charge is 0.461 e. The van der Waals surface area contributed by atoms with Gasteiger partial charge in [0.25, 0.3) is 0 Å². The second kappa shape index (κ2) is 9.58. The van der Waals surface area contributed by atoms with Gasteiger partial charge in [-0.3, -0.25) is 4.79 Å². The second-order valence-electron chi connectivity index (χ2n) is 4.54. The Morgan fingerprint density at radius 2 is 2.00 bits per heavy atom. The molecule has 3 N–H and O–H groups in total. The molecule has 0 radical (unpaired) electrons. The Balaban J connectivity index is 2.57. The van der Waals surface area contributed by atoms with Crippen molar-refractivity contribution in [1.29, 1.82) is 0 Å². The van der Waals surface area contributed by atoms with E-state index in [4.69, 9.17) is 10.5 Å². The Labute approximate surface area is 125 Å². The van der Waals surface area contributed by atoms with Crippen LogP contribution in [0.5, 0.6) is 0 Å². The van der Waals surface area contributed by atoms with Crippen LogP contribution in [0, 0.1) is 0 Å². The standard InChI is InChI=1S/C16H22N2O3/c1-2-21-16(20)14(10-6-7-11-15(17)19)18-12-13-8-4-3-5-9-13/h3-5,8-10,18H,2,6-7,11-12H2,1H3,(H2,17,19)/b14-10-. The third kappa shape index (κ3) is 7.15. The van der Waals surface area contributed by atoms with E-state index < -0.39 is 0 Å². The van der Waals surface area contributed by atoms with E-state index in [0.717, 1.165) is 5.56 Å². The number of esters is 1. The summed E-state index contributed by atoms with van der Waals surface area (Å²) in [5, 5.41) is 3.08. The molecule has 1 aromatic carbocycles. The zero-order valence-electron chi connectivity index (χ0n) is 12.3. The van der Waals surface area contributed by atoms with Crippen LogP contribution in [0.25, 0.3) is 0 Å². The fourth-order valence-electron chi connectivity index (χ4n) is 1.75. The predicted octanol–water partition coefficient (Wildman–Crippen LogP) is 1.88. The lowest BCUT2D eigenvalue weighted by Crippen LogP contribution is -2.22. The normalized spacial score (nSPS) is 11.0. The van der Waals surface area contributed by atoms with Crippen LogP contribution in [0.3, 0.4) is 0 Å². The van der Waals surface area contributed by atoms with Gasteiger partial charge < -0.3 is 15.8 Å². The van der Waals surface area contributed by atoms with Gasteiger partial charge in [-0.25, -0.2) is 4.79 Å². The first-order valence-corrected chi connectivity index (χ1v) is 7.07. The molecule has 0 aliphatic heterocycles. The van der Waals surface area contributed by atoms with Crippen molar-refractivity contribution >= 4 is 11.9 Å². The highest BCUT2D eigenvalue weighted by atomic mass is 16.5. The molecule has 0 aliphatic carbocycles. The molecule has 0 unspecified atom stereocenters. The monoisotopic (exact) mass is 290 g/mol. The van der Waals surface area contributed by atoms with Crippen LogP contribution in [-0.2, 0) is 20.9 Å². The zero-order valence-corrected chi connectivity index (χ0v) is 12.3. The molecule has 5 heteroatoms. The molecule has 0 saturated carbocycles. The number of hydrogen-bond acceptors (Lipinski definition) is 4. The van der Waals surface area contributed by atoms with Crippen molar-refractivity contribution in [3.05, 3.63) is 47.7 Å². The Morgan fingerprint density at radius 1 is 1.29 bits per heavy atom. The van der Waals surface area contributed by atoms with Crippen molar-refractivity contribution in [3.63, 3.8) is 0 Å². The minimum absolute atomic E-state index is 0.311. The summed E-state index contributed by atoms with van der Waals surface area (Å²) in [6, 6.07) is 9.77. The van der Waals surface area contributed by atoms with Crippen molar-refractivity contribution < 1.29 is 14.3 Å². The van der Waals surface area contributed by atoms with E-state index in [2.05, 4.69) is 5.32 Å². The maximum Gasteiger partial charge on any atom is 0.354 e. The molecule has 1 amide bonds. The van der Waals surface area contributed by atoms with Gasteiger partial charge in [0.1, 0.15) is 5.70 Å². The summed E-state index contributed by atoms with van der Waals surface area (Å²) < 4.78 is 5.01. The van der Waals surface area contributed by atoms with E-state index >= 15 is 0 Å². The summed E-state index contributed by atoms with van der Waals surface area (Å²) in [5.41, 5.74) is 6.58. The van der Waals surface area contributed by atoms with E-state index in [1.807, 2.05) is 30.3 Å². The number of carbonyl (C=O) groups is 2. The summed E-state index contributed by atoms with van der Waals surface area (Å²) in [4.78, 5) is 22.5. The first kappa shape index (κ1) is 16.8. The molecule has 21 heavy (non-hydrogen) atoms. The number of unbranched alkanes of at least 4 members (excludes halogenated alkanes) is 1. The highest BCUT2D eigenvalue weighted by Crippen LogP contribution is 2.04. The minimum atomic E-state index is -0.382. The number of primary amides is 1. The third-order valence-corrected chi connectivity index (χ3v) is 2.80. The van der Waals surface area contributed by atoms with Gasteiger partial charge in [0.05, 0.1) is 6.61 Å². The van der Waals surface area contributed by atoms with Crippen molar-refractivity contribution in [2.75, 3.05) is 6.61 Å². The molecule has 0 fully saturated rings. The molecule has 0 saturated heterocycles. The van der Waals surface area contributed by atoms with Crippen LogP contribution >= 0.6 is 0 Å². The Hall–Kier alpha value is -2.30. The van der Waals surface area contributed by atoms with Gasteiger partial charge >= 0.3 is 5.97 Å². The molecular formula is C16H22N2O3. The van der Waals surface area contributed by atoms with Crippen LogP contribution in [0.15, 0.2) is 42.1 Å². The average Bonchev–Trinajstić information content (AvgIpc) is 2.47. The van der Waals surface area contributed by atoms with Crippen LogP contribution < -0.4 is 11.1 Å². The number of ether oxygens (including phenoxy) is 1. The topological polar surface area (TPSA) is 81.4 Å². The zero-order chi connectivity index (χ0) is 15.5. The maximum atomic E-state index is 11.8. The van der Waals surface area contributed by atoms with Gasteiger partial charge in [-0.05, 0) is 25.3 Å². The fourth-order valence-corrected chi connectivity index (χ4v) is 1.75. The minimum Gasteiger partial charge on any atom is -0.461 e. The summed E-state index contributed by atoms with van der Waals surface area (Å²) in [6.45, 7) is 2.63. The number of rotatable bonds is 9. The van der Waals surface area contributed by atoms with Gasteiger partial charge in [-0.1, -0.05) is 36.4 Å². The predicted molar refractivity (Wildman–Crippen MR) is 81.0 cm³/mol. The summed E-state index contributed by atoms with van der Waals surface area (Å²) in [6.07, 6.45) is 3.28. The SMILES string of the molecule is CCOC(=O)/C(=C/CCCC(N)=O)NCc1ccccc1. The van der Waals surface area contributed by atoms with Crippen LogP contribution in [-0.4, -0.2) is 18.5 Å². The molecule has 1 rings (SSSR count).